The van der Waals surface area contributed by atoms with Crippen molar-refractivity contribution in [2.75, 3.05) is 0 Å². The van der Waals surface area contributed by atoms with Gasteiger partial charge in [-0.2, -0.15) is 5.10 Å². The molecule has 0 aliphatic carbocycles. The number of carboxylic acid groups (broad SMARTS) is 1. The molecule has 0 spiro atoms. The van der Waals surface area contributed by atoms with Crippen molar-refractivity contribution < 1.29 is 19.8 Å². The van der Waals surface area contributed by atoms with Gasteiger partial charge in [0.15, 0.2) is 5.17 Å². The van der Waals surface area contributed by atoms with Gasteiger partial charge in [-0.15, -0.1) is 5.10 Å². The number of nitrogens with zero attached hydrogens (tertiary/aromatic N) is 2. The van der Waals surface area contributed by atoms with Gasteiger partial charge in [0.05, 0.1) is 12.6 Å². The molecule has 1 unspecified atom stereocenters. The van der Waals surface area contributed by atoms with E-state index in [1.807, 2.05) is 36.4 Å². The number of thioether (sulfide) groups is 1. The molecule has 7 nitrogen and oxygen atoms in total. The second kappa shape index (κ2) is 7.83. The molecule has 2 aromatic rings. The number of amides is 1. The van der Waals surface area contributed by atoms with E-state index in [0.29, 0.717) is 0 Å². The predicted molar refractivity (Wildman–Crippen MR) is 100 cm³/mol. The summed E-state index contributed by atoms with van der Waals surface area (Å²) in [5, 5.41) is 28.6. The Balaban J connectivity index is 1.65. The second-order valence-corrected chi connectivity index (χ2v) is 6.67. The fourth-order valence-electron chi connectivity index (χ4n) is 2.36. The lowest BCUT2D eigenvalue weighted by atomic mass is 10.0. The number of para-hydroxylation sites is 1. The number of benzene rings is 2. The van der Waals surface area contributed by atoms with Crippen molar-refractivity contribution in [3.05, 3.63) is 54.1 Å². The molecule has 3 N–H and O–H groups in total. The Hall–Kier alpha value is -3.13. The van der Waals surface area contributed by atoms with Crippen LogP contribution in [0.1, 0.15) is 12.0 Å². The van der Waals surface area contributed by atoms with Gasteiger partial charge in [-0.05, 0) is 17.2 Å². The summed E-state index contributed by atoms with van der Waals surface area (Å²) in [5.41, 5.74) is 2.41. The van der Waals surface area contributed by atoms with Crippen LogP contribution in [0.2, 0.25) is 0 Å². The van der Waals surface area contributed by atoms with Crippen LogP contribution in [0.15, 0.2) is 58.7 Å². The normalized spacial score (nSPS) is 18.4. The highest BCUT2D eigenvalue weighted by atomic mass is 32.2. The smallest absolute Gasteiger partial charge is 0.305 e. The van der Waals surface area contributed by atoms with E-state index in [9.17, 15) is 14.7 Å². The van der Waals surface area contributed by atoms with Crippen LogP contribution in [0.5, 0.6) is 5.75 Å². The van der Waals surface area contributed by atoms with Gasteiger partial charge in [-0.3, -0.25) is 9.59 Å². The molecule has 26 heavy (non-hydrogen) atoms. The average molecular weight is 369 g/mol. The van der Waals surface area contributed by atoms with Gasteiger partial charge in [-0.25, -0.2) is 0 Å². The van der Waals surface area contributed by atoms with Crippen LogP contribution < -0.4 is 5.32 Å². The SMILES string of the molecule is O=C(O)CC1SC(=NN=Cc2ccc(-c3ccccc3O)cc2)NC1=O. The molecule has 8 heteroatoms. The van der Waals surface area contributed by atoms with Crippen LogP contribution in [0, 0.1) is 0 Å². The standard InChI is InChI=1S/C18H15N3O4S/c22-14-4-2-1-3-13(14)12-7-5-11(6-8-12)10-19-21-18-20-17(25)15(26-18)9-16(23)24/h1-8,10,15,22H,9H2,(H,23,24)(H,20,21,25). The molecule has 0 saturated carbocycles. The second-order valence-electron chi connectivity index (χ2n) is 5.48. The van der Waals surface area contributed by atoms with E-state index in [0.717, 1.165) is 28.5 Å². The first-order chi connectivity index (χ1) is 12.5. The fourth-order valence-corrected chi connectivity index (χ4v) is 3.27. The summed E-state index contributed by atoms with van der Waals surface area (Å²) in [6.45, 7) is 0. The van der Waals surface area contributed by atoms with Crippen molar-refractivity contribution in [3.8, 4) is 16.9 Å². The highest BCUT2D eigenvalue weighted by Crippen LogP contribution is 2.28. The van der Waals surface area contributed by atoms with Gasteiger partial charge in [-0.1, -0.05) is 54.2 Å². The van der Waals surface area contributed by atoms with Crippen LogP contribution in [0.4, 0.5) is 0 Å². The Labute approximate surface area is 153 Å². The third-order valence-electron chi connectivity index (χ3n) is 3.62. The molecule has 0 radical (unpaired) electrons. The Morgan fingerprint density at radius 3 is 2.62 bits per heavy atom. The summed E-state index contributed by atoms with van der Waals surface area (Å²) in [7, 11) is 0. The summed E-state index contributed by atoms with van der Waals surface area (Å²) in [5.74, 6) is -1.20. The zero-order chi connectivity index (χ0) is 18.5. The number of carbonyl (C=O) groups excluding carboxylic acids is 1. The van der Waals surface area contributed by atoms with Gasteiger partial charge < -0.3 is 15.5 Å². The molecule has 1 heterocycles. The Morgan fingerprint density at radius 1 is 1.19 bits per heavy atom. The number of aromatic hydroxyl groups is 1. The van der Waals surface area contributed by atoms with E-state index >= 15 is 0 Å². The third kappa shape index (κ3) is 4.28. The van der Waals surface area contributed by atoms with Crippen molar-refractivity contribution in [2.24, 2.45) is 10.2 Å². The number of phenolic OH excluding ortho intramolecular Hbond substituents is 1. The first-order valence-corrected chi connectivity index (χ1v) is 8.59. The number of carboxylic acids is 1. The maximum absolute atomic E-state index is 11.6. The van der Waals surface area contributed by atoms with Crippen LogP contribution >= 0.6 is 11.8 Å². The molecule has 2 aromatic carbocycles. The van der Waals surface area contributed by atoms with Crippen molar-refractivity contribution >= 4 is 35.0 Å². The number of rotatable bonds is 5. The van der Waals surface area contributed by atoms with Gasteiger partial charge in [0.25, 0.3) is 0 Å². The van der Waals surface area contributed by atoms with E-state index in [4.69, 9.17) is 5.11 Å². The molecular weight excluding hydrogens is 354 g/mol. The number of hydrogen-bond donors (Lipinski definition) is 3. The molecule has 1 aliphatic heterocycles. The van der Waals surface area contributed by atoms with Crippen molar-refractivity contribution in [1.29, 1.82) is 0 Å². The first-order valence-electron chi connectivity index (χ1n) is 7.71. The minimum absolute atomic E-state index is 0.213. The van der Waals surface area contributed by atoms with Gasteiger partial charge in [0.2, 0.25) is 5.91 Å². The molecule has 3 rings (SSSR count). The summed E-state index contributed by atoms with van der Waals surface area (Å²) >= 11 is 1.05. The number of nitrogens with one attached hydrogen (secondary N) is 1. The van der Waals surface area contributed by atoms with Crippen molar-refractivity contribution in [3.63, 3.8) is 0 Å². The van der Waals surface area contributed by atoms with Crippen LogP contribution in [-0.4, -0.2) is 38.7 Å². The number of aliphatic carboxylic acids is 1. The molecule has 0 bridgehead atoms. The summed E-state index contributed by atoms with van der Waals surface area (Å²) in [6, 6.07) is 14.5. The van der Waals surface area contributed by atoms with E-state index in [-0.39, 0.29) is 23.2 Å². The Kier molecular flexibility index (Phi) is 5.33. The number of phenols is 1. The first kappa shape index (κ1) is 17.7. The predicted octanol–water partition coefficient (Wildman–Crippen LogP) is 2.46. The van der Waals surface area contributed by atoms with E-state index in [1.165, 1.54) is 6.21 Å². The van der Waals surface area contributed by atoms with Crippen LogP contribution in [-0.2, 0) is 9.59 Å². The van der Waals surface area contributed by atoms with Crippen molar-refractivity contribution in [1.82, 2.24) is 5.32 Å². The third-order valence-corrected chi connectivity index (χ3v) is 4.69. The van der Waals surface area contributed by atoms with Gasteiger partial charge >= 0.3 is 5.97 Å². The van der Waals surface area contributed by atoms with Gasteiger partial charge in [0, 0.05) is 5.56 Å². The molecule has 1 aliphatic rings. The minimum atomic E-state index is -1.04. The lowest BCUT2D eigenvalue weighted by molar-refractivity contribution is -0.138. The number of carbonyl (C=O) groups is 2. The molecule has 1 fully saturated rings. The molecule has 132 valence electrons. The summed E-state index contributed by atoms with van der Waals surface area (Å²) in [4.78, 5) is 22.3. The average Bonchev–Trinajstić information content (AvgIpc) is 2.95. The molecular formula is C18H15N3O4S. The highest BCUT2D eigenvalue weighted by Gasteiger charge is 2.32. The van der Waals surface area contributed by atoms with E-state index in [2.05, 4.69) is 15.5 Å². The Morgan fingerprint density at radius 2 is 1.92 bits per heavy atom. The van der Waals surface area contributed by atoms with Crippen molar-refractivity contribution in [2.45, 2.75) is 11.7 Å². The number of hydrogen-bond acceptors (Lipinski definition) is 6. The summed E-state index contributed by atoms with van der Waals surface area (Å²) in [6.07, 6.45) is 1.27. The van der Waals surface area contributed by atoms with Crippen LogP contribution in [0.3, 0.4) is 0 Å². The van der Waals surface area contributed by atoms with Gasteiger partial charge in [0.1, 0.15) is 11.0 Å². The zero-order valence-corrected chi connectivity index (χ0v) is 14.3. The lowest BCUT2D eigenvalue weighted by Crippen LogP contribution is -2.26. The van der Waals surface area contributed by atoms with E-state index < -0.39 is 11.2 Å². The minimum Gasteiger partial charge on any atom is -0.507 e. The van der Waals surface area contributed by atoms with E-state index in [1.54, 1.807) is 12.1 Å². The molecule has 1 saturated heterocycles. The maximum Gasteiger partial charge on any atom is 0.305 e. The molecule has 0 aromatic heterocycles. The largest absolute Gasteiger partial charge is 0.507 e. The zero-order valence-electron chi connectivity index (χ0n) is 13.5. The maximum atomic E-state index is 11.6. The summed E-state index contributed by atoms with van der Waals surface area (Å²) < 4.78 is 0. The lowest BCUT2D eigenvalue weighted by Gasteiger charge is -2.04. The number of amidine groups is 1. The topological polar surface area (TPSA) is 111 Å². The quantitative estimate of drug-likeness (QED) is 0.554. The molecule has 1 atom stereocenters. The fraction of sp³-hybridized carbons (Fsp3) is 0.111. The van der Waals surface area contributed by atoms with Crippen LogP contribution in [0.25, 0.3) is 11.1 Å². The monoisotopic (exact) mass is 369 g/mol. The highest BCUT2D eigenvalue weighted by molar-refractivity contribution is 8.15. The molecule has 1 amide bonds. The Bertz CT molecular complexity index is 894.